The van der Waals surface area contributed by atoms with E-state index in [0.717, 1.165) is 20.7 Å². The molecule has 0 aliphatic carbocycles. The number of thiazole rings is 1. The predicted molar refractivity (Wildman–Crippen MR) is 82.4 cm³/mol. The summed E-state index contributed by atoms with van der Waals surface area (Å²) in [4.78, 5) is 4.36. The Hall–Kier alpha value is -1.11. The Labute approximate surface area is 130 Å². The highest BCUT2D eigenvalue weighted by Crippen LogP contribution is 2.37. The third-order valence-corrected chi connectivity index (χ3v) is 4.09. The van der Waals surface area contributed by atoms with Crippen LogP contribution in [0.2, 0.25) is 0 Å². The molecule has 2 aromatic rings. The van der Waals surface area contributed by atoms with Crippen molar-refractivity contribution in [2.45, 2.75) is 27.1 Å². The van der Waals surface area contributed by atoms with E-state index >= 15 is 0 Å². The van der Waals surface area contributed by atoms with Crippen molar-refractivity contribution < 1.29 is 14.6 Å². The van der Waals surface area contributed by atoms with E-state index in [1.807, 2.05) is 25.3 Å². The lowest BCUT2D eigenvalue weighted by Crippen LogP contribution is -2.01. The van der Waals surface area contributed by atoms with E-state index in [-0.39, 0.29) is 6.61 Å². The second kappa shape index (κ2) is 7.06. The summed E-state index contributed by atoms with van der Waals surface area (Å²) in [5, 5.41) is 12.1. The number of nitrogens with zero attached hydrogens (tertiary/aromatic N) is 1. The maximum Gasteiger partial charge on any atom is 0.175 e. The molecule has 0 aliphatic heterocycles. The Kier molecular flexibility index (Phi) is 5.39. The fourth-order valence-electron chi connectivity index (χ4n) is 1.72. The third-order valence-electron chi connectivity index (χ3n) is 2.56. The van der Waals surface area contributed by atoms with Crippen molar-refractivity contribution in [1.29, 1.82) is 0 Å². The topological polar surface area (TPSA) is 51.6 Å². The highest BCUT2D eigenvalue weighted by Gasteiger charge is 2.13. The summed E-state index contributed by atoms with van der Waals surface area (Å²) in [5.74, 6) is 1.26. The van der Waals surface area contributed by atoms with Crippen LogP contribution in [0.5, 0.6) is 11.5 Å². The Bertz CT molecular complexity index is 586. The van der Waals surface area contributed by atoms with Gasteiger partial charge >= 0.3 is 0 Å². The monoisotopic (exact) mass is 357 g/mol. The van der Waals surface area contributed by atoms with Gasteiger partial charge in [0.25, 0.3) is 0 Å². The molecule has 0 atom stereocenters. The molecule has 6 heteroatoms. The number of aliphatic hydroxyl groups excluding tert-OH is 1. The number of hydrogen-bond acceptors (Lipinski definition) is 5. The van der Waals surface area contributed by atoms with Crippen LogP contribution in [0, 0.1) is 6.92 Å². The number of aliphatic hydroxyl groups is 1. The number of ether oxygens (including phenoxy) is 2. The lowest BCUT2D eigenvalue weighted by molar-refractivity contribution is 0.262. The largest absolute Gasteiger partial charge is 0.490 e. The van der Waals surface area contributed by atoms with Crippen LogP contribution in [0.15, 0.2) is 22.0 Å². The van der Waals surface area contributed by atoms with Gasteiger partial charge in [-0.05, 0) is 47.5 Å². The average molecular weight is 358 g/mol. The SMILES string of the molecule is CCOc1cc(CO)cc(Br)c1OCc1nc(C)cs1. The van der Waals surface area contributed by atoms with Crippen LogP contribution in [0.4, 0.5) is 0 Å². The molecule has 0 radical (unpaired) electrons. The molecular weight excluding hydrogens is 342 g/mol. The highest BCUT2D eigenvalue weighted by atomic mass is 79.9. The van der Waals surface area contributed by atoms with Crippen LogP contribution in [0.3, 0.4) is 0 Å². The number of halogens is 1. The number of aryl methyl sites for hydroxylation is 1. The highest BCUT2D eigenvalue weighted by molar-refractivity contribution is 9.10. The van der Waals surface area contributed by atoms with Crippen LogP contribution in [0.1, 0.15) is 23.2 Å². The van der Waals surface area contributed by atoms with Crippen LogP contribution in [0.25, 0.3) is 0 Å². The van der Waals surface area contributed by atoms with Gasteiger partial charge in [-0.3, -0.25) is 0 Å². The minimum Gasteiger partial charge on any atom is -0.490 e. The van der Waals surface area contributed by atoms with Gasteiger partial charge in [-0.2, -0.15) is 0 Å². The second-order valence-electron chi connectivity index (χ2n) is 4.17. The zero-order valence-electron chi connectivity index (χ0n) is 11.4. The van der Waals surface area contributed by atoms with Crippen LogP contribution < -0.4 is 9.47 Å². The Morgan fingerprint density at radius 3 is 2.75 bits per heavy atom. The summed E-state index contributed by atoms with van der Waals surface area (Å²) in [5.41, 5.74) is 1.77. The molecule has 0 unspecified atom stereocenters. The van der Waals surface area contributed by atoms with E-state index in [4.69, 9.17) is 9.47 Å². The molecule has 0 fully saturated rings. The number of benzene rings is 1. The summed E-state index contributed by atoms with van der Waals surface area (Å²) < 4.78 is 12.1. The Balaban J connectivity index is 2.20. The van der Waals surface area contributed by atoms with Crippen LogP contribution in [-0.2, 0) is 13.2 Å². The van der Waals surface area contributed by atoms with E-state index in [2.05, 4.69) is 20.9 Å². The van der Waals surface area contributed by atoms with Gasteiger partial charge < -0.3 is 14.6 Å². The lowest BCUT2D eigenvalue weighted by Gasteiger charge is -2.14. The molecule has 0 bridgehead atoms. The molecule has 0 spiro atoms. The van der Waals surface area contributed by atoms with Crippen molar-refractivity contribution >= 4 is 27.3 Å². The normalized spacial score (nSPS) is 10.6. The molecule has 0 aliphatic rings. The first-order valence-electron chi connectivity index (χ1n) is 6.24. The molecular formula is C14H16BrNO3S. The molecule has 4 nitrogen and oxygen atoms in total. The Morgan fingerprint density at radius 1 is 1.35 bits per heavy atom. The second-order valence-corrected chi connectivity index (χ2v) is 5.96. The van der Waals surface area contributed by atoms with Crippen molar-refractivity contribution in [2.75, 3.05) is 6.61 Å². The fraction of sp³-hybridized carbons (Fsp3) is 0.357. The van der Waals surface area contributed by atoms with Crippen molar-refractivity contribution in [2.24, 2.45) is 0 Å². The van der Waals surface area contributed by atoms with E-state index in [1.54, 1.807) is 17.4 Å². The molecule has 0 amide bonds. The van der Waals surface area contributed by atoms with E-state index in [9.17, 15) is 5.11 Å². The molecule has 1 aromatic heterocycles. The number of hydrogen-bond donors (Lipinski definition) is 1. The first-order valence-corrected chi connectivity index (χ1v) is 7.91. The van der Waals surface area contributed by atoms with Gasteiger partial charge in [-0.25, -0.2) is 4.98 Å². The van der Waals surface area contributed by atoms with Gasteiger partial charge in [0.2, 0.25) is 0 Å². The summed E-state index contributed by atoms with van der Waals surface area (Å²) >= 11 is 5.02. The van der Waals surface area contributed by atoms with Gasteiger partial charge in [0.05, 0.1) is 17.7 Å². The minimum atomic E-state index is -0.0371. The lowest BCUT2D eigenvalue weighted by atomic mass is 10.2. The molecule has 0 saturated heterocycles. The molecule has 20 heavy (non-hydrogen) atoms. The van der Waals surface area contributed by atoms with Gasteiger partial charge in [-0.15, -0.1) is 11.3 Å². The zero-order valence-corrected chi connectivity index (χ0v) is 13.8. The summed E-state index contributed by atoms with van der Waals surface area (Å²) in [6.07, 6.45) is 0. The molecule has 0 saturated carbocycles. The van der Waals surface area contributed by atoms with Crippen molar-refractivity contribution in [3.05, 3.63) is 38.3 Å². The van der Waals surface area contributed by atoms with Gasteiger partial charge in [0.1, 0.15) is 11.6 Å². The molecule has 108 valence electrons. The van der Waals surface area contributed by atoms with Crippen molar-refractivity contribution in [3.8, 4) is 11.5 Å². The summed E-state index contributed by atoms with van der Waals surface area (Å²) in [6.45, 7) is 4.76. The third kappa shape index (κ3) is 3.71. The first-order chi connectivity index (χ1) is 9.63. The Morgan fingerprint density at radius 2 is 2.15 bits per heavy atom. The van der Waals surface area contributed by atoms with Gasteiger partial charge in [-0.1, -0.05) is 0 Å². The molecule has 1 N–H and O–H groups in total. The van der Waals surface area contributed by atoms with E-state index in [1.165, 1.54) is 0 Å². The summed E-state index contributed by atoms with van der Waals surface area (Å²) in [6, 6.07) is 3.61. The summed E-state index contributed by atoms with van der Waals surface area (Å²) in [7, 11) is 0. The quantitative estimate of drug-likeness (QED) is 0.856. The predicted octanol–water partition coefficient (Wildman–Crippen LogP) is 3.68. The maximum absolute atomic E-state index is 9.23. The standard InChI is InChI=1S/C14H16BrNO3S/c1-3-18-12-5-10(6-17)4-11(15)14(12)19-7-13-16-9(2)8-20-13/h4-5,8,17H,3,6-7H2,1-2H3. The molecule has 2 rings (SSSR count). The smallest absolute Gasteiger partial charge is 0.175 e. The first kappa shape index (κ1) is 15.3. The number of aromatic nitrogens is 1. The van der Waals surface area contributed by atoms with Crippen molar-refractivity contribution in [3.63, 3.8) is 0 Å². The molecule has 1 aromatic carbocycles. The minimum absolute atomic E-state index is 0.0371. The average Bonchev–Trinajstić information content (AvgIpc) is 2.83. The maximum atomic E-state index is 9.23. The van der Waals surface area contributed by atoms with Crippen molar-refractivity contribution in [1.82, 2.24) is 4.98 Å². The fourth-order valence-corrected chi connectivity index (χ4v) is 3.01. The van der Waals surface area contributed by atoms with Crippen LogP contribution in [-0.4, -0.2) is 16.7 Å². The van der Waals surface area contributed by atoms with Gasteiger partial charge in [0.15, 0.2) is 11.5 Å². The van der Waals surface area contributed by atoms with Crippen LogP contribution >= 0.6 is 27.3 Å². The van der Waals surface area contributed by atoms with Gasteiger partial charge in [0, 0.05) is 11.1 Å². The van der Waals surface area contributed by atoms with E-state index in [0.29, 0.717) is 24.7 Å². The van der Waals surface area contributed by atoms with E-state index < -0.39 is 0 Å². The zero-order chi connectivity index (χ0) is 14.5. The number of rotatable bonds is 6. The molecule has 1 heterocycles.